The molecule has 1 saturated heterocycles. The van der Waals surface area contributed by atoms with E-state index in [4.69, 9.17) is 4.74 Å². The minimum absolute atomic E-state index is 0.235. The largest absolute Gasteiger partial charge is 0.443 e. The first-order valence-corrected chi connectivity index (χ1v) is 12.6. The van der Waals surface area contributed by atoms with E-state index >= 15 is 0 Å². The number of rotatable bonds is 2. The van der Waals surface area contributed by atoms with Crippen LogP contribution in [0.2, 0.25) is 0 Å². The third-order valence-electron chi connectivity index (χ3n) is 7.44. The van der Waals surface area contributed by atoms with Crippen LogP contribution in [0.4, 0.5) is 10.5 Å². The van der Waals surface area contributed by atoms with Crippen LogP contribution in [0, 0.1) is 35.0 Å². The second kappa shape index (κ2) is 9.06. The molecule has 2 aliphatic heterocycles. The number of amides is 2. The van der Waals surface area contributed by atoms with Gasteiger partial charge in [-0.3, -0.25) is 4.79 Å². The molecule has 1 fully saturated rings. The van der Waals surface area contributed by atoms with Crippen LogP contribution in [0.5, 0.6) is 0 Å². The maximum absolute atomic E-state index is 14.7. The van der Waals surface area contributed by atoms with Crippen LogP contribution < -0.4 is 4.90 Å². The van der Waals surface area contributed by atoms with Gasteiger partial charge in [0.25, 0.3) is 5.91 Å². The van der Waals surface area contributed by atoms with E-state index in [-0.39, 0.29) is 5.69 Å². The summed E-state index contributed by atoms with van der Waals surface area (Å²) in [6.07, 6.45) is -0.905. The van der Waals surface area contributed by atoms with Gasteiger partial charge in [0.2, 0.25) is 0 Å². The molecule has 8 nitrogen and oxygen atoms in total. The van der Waals surface area contributed by atoms with Crippen LogP contribution >= 0.6 is 0 Å². The van der Waals surface area contributed by atoms with E-state index in [0.29, 0.717) is 16.7 Å². The summed E-state index contributed by atoms with van der Waals surface area (Å²) in [6, 6.07) is 25.8. The highest BCUT2D eigenvalue weighted by molar-refractivity contribution is 6.21. The number of hydrogen-bond acceptors (Lipinski definition) is 7. The molecular weight excluding hydrogens is 492 g/mol. The number of carbonyl (C=O) groups is 2. The summed E-state index contributed by atoms with van der Waals surface area (Å²) in [6.45, 7) is 6.92. The van der Waals surface area contributed by atoms with Crippen molar-refractivity contribution in [3.63, 3.8) is 0 Å². The number of hydroxylamine groups is 2. The Kier molecular flexibility index (Phi) is 6.07. The lowest BCUT2D eigenvalue weighted by Crippen LogP contribution is -2.53. The van der Waals surface area contributed by atoms with Gasteiger partial charge in [0.1, 0.15) is 5.60 Å². The van der Waals surface area contributed by atoms with Crippen molar-refractivity contribution in [1.82, 2.24) is 5.06 Å². The van der Waals surface area contributed by atoms with E-state index in [2.05, 4.69) is 12.1 Å². The first-order chi connectivity index (χ1) is 18.5. The molecule has 1 N–H and O–H groups in total. The van der Waals surface area contributed by atoms with Gasteiger partial charge in [-0.1, -0.05) is 78.4 Å². The summed E-state index contributed by atoms with van der Waals surface area (Å²) >= 11 is 0. The normalized spacial score (nSPS) is 23.8. The van der Waals surface area contributed by atoms with Gasteiger partial charge < -0.3 is 9.94 Å². The molecule has 0 radical (unpaired) electrons. The number of ether oxygens (including phenoxy) is 1. The van der Waals surface area contributed by atoms with Crippen molar-refractivity contribution in [1.29, 1.82) is 10.5 Å². The zero-order valence-corrected chi connectivity index (χ0v) is 22.1. The molecule has 5 rings (SSSR count). The Hall–Kier alpha value is -4.50. The van der Waals surface area contributed by atoms with E-state index in [0.717, 1.165) is 15.5 Å². The average Bonchev–Trinajstić information content (AvgIpc) is 3.30. The Labute approximate surface area is 227 Å². The fourth-order valence-electron chi connectivity index (χ4n) is 6.02. The molecule has 0 aromatic heterocycles. The Balaban J connectivity index is 1.88. The van der Waals surface area contributed by atoms with Gasteiger partial charge in [-0.2, -0.15) is 15.6 Å². The quantitative estimate of drug-likeness (QED) is 0.458. The lowest BCUT2D eigenvalue weighted by atomic mass is 9.63. The van der Waals surface area contributed by atoms with Crippen LogP contribution in [0.3, 0.4) is 0 Å². The summed E-state index contributed by atoms with van der Waals surface area (Å²) in [7, 11) is 0. The summed E-state index contributed by atoms with van der Waals surface area (Å²) in [5.74, 6) is -1.96. The fraction of sp³-hybridized carbons (Fsp3) is 0.290. The second-order valence-corrected chi connectivity index (χ2v) is 11.0. The highest BCUT2D eigenvalue weighted by Crippen LogP contribution is 2.68. The van der Waals surface area contributed by atoms with Crippen molar-refractivity contribution in [2.24, 2.45) is 5.41 Å². The SMILES string of the molecule is Cc1ccc2c(c1)[C@@]1(C(=O)N2C(=O)OC(C)(C)C)[C@H](c2ccccc2)C(C#N)(C#N)[C@@H](c2ccccc2)N1O. The molecule has 2 aliphatic rings. The maximum Gasteiger partial charge on any atom is 0.421 e. The summed E-state index contributed by atoms with van der Waals surface area (Å²) in [5, 5.41) is 34.5. The minimum Gasteiger partial charge on any atom is -0.443 e. The van der Waals surface area contributed by atoms with Gasteiger partial charge in [-0.05, 0) is 44.9 Å². The molecule has 0 unspecified atom stereocenters. The van der Waals surface area contributed by atoms with E-state index in [1.54, 1.807) is 99.6 Å². The van der Waals surface area contributed by atoms with Gasteiger partial charge >= 0.3 is 6.09 Å². The monoisotopic (exact) mass is 520 g/mol. The van der Waals surface area contributed by atoms with Crippen molar-refractivity contribution >= 4 is 17.7 Å². The molecule has 3 aromatic carbocycles. The average molecular weight is 521 g/mol. The molecule has 3 atom stereocenters. The molecule has 8 heteroatoms. The Bertz CT molecular complexity index is 1520. The van der Waals surface area contributed by atoms with Gasteiger partial charge in [0.15, 0.2) is 11.0 Å². The lowest BCUT2D eigenvalue weighted by molar-refractivity contribution is -0.189. The van der Waals surface area contributed by atoms with Crippen LogP contribution in [-0.4, -0.2) is 27.9 Å². The summed E-state index contributed by atoms with van der Waals surface area (Å²) in [4.78, 5) is 29.2. The first kappa shape index (κ1) is 26.1. The molecule has 2 heterocycles. The van der Waals surface area contributed by atoms with Crippen molar-refractivity contribution in [3.8, 4) is 12.1 Å². The zero-order chi connectivity index (χ0) is 28.2. The number of benzene rings is 3. The summed E-state index contributed by atoms with van der Waals surface area (Å²) in [5.41, 5.74) is -2.48. The maximum atomic E-state index is 14.7. The van der Waals surface area contributed by atoms with Crippen LogP contribution in [-0.2, 0) is 15.1 Å². The highest BCUT2D eigenvalue weighted by Gasteiger charge is 2.76. The number of hydrogen-bond donors (Lipinski definition) is 1. The smallest absolute Gasteiger partial charge is 0.421 e. The highest BCUT2D eigenvalue weighted by atomic mass is 16.6. The standard InChI is InChI=1S/C31H28N4O4/c1-20-15-16-24-23(17-20)31(27(36)34(24)28(37)39-29(2,3)4)25(21-11-7-5-8-12-21)30(18-32,19-33)26(35(31)38)22-13-9-6-10-14-22/h5-17,25-26,38H,1-4H3/t25-,26-,31+/m1/s1. The number of fused-ring (bicyclic) bond motifs is 2. The van der Waals surface area contributed by atoms with Gasteiger partial charge in [0, 0.05) is 5.56 Å². The van der Waals surface area contributed by atoms with E-state index in [9.17, 15) is 25.3 Å². The van der Waals surface area contributed by atoms with E-state index in [1.807, 2.05) is 6.92 Å². The molecule has 196 valence electrons. The Morgan fingerprint density at radius 2 is 1.51 bits per heavy atom. The molecule has 2 amide bonds. The number of carbonyl (C=O) groups excluding carboxylic acids is 2. The fourth-order valence-corrected chi connectivity index (χ4v) is 6.02. The van der Waals surface area contributed by atoms with Gasteiger partial charge in [0.05, 0.1) is 29.8 Å². The van der Waals surface area contributed by atoms with Gasteiger partial charge in [-0.15, -0.1) is 0 Å². The molecule has 39 heavy (non-hydrogen) atoms. The van der Waals surface area contributed by atoms with Crippen molar-refractivity contribution in [2.75, 3.05) is 4.90 Å². The number of nitrogens with zero attached hydrogens (tertiary/aromatic N) is 4. The zero-order valence-electron chi connectivity index (χ0n) is 22.1. The van der Waals surface area contributed by atoms with Crippen LogP contribution in [0.25, 0.3) is 0 Å². The van der Waals surface area contributed by atoms with Crippen molar-refractivity contribution < 1.29 is 19.5 Å². The molecule has 0 saturated carbocycles. The lowest BCUT2D eigenvalue weighted by Gasteiger charge is -2.36. The van der Waals surface area contributed by atoms with Gasteiger partial charge in [-0.25, -0.2) is 9.69 Å². The molecule has 3 aromatic rings. The van der Waals surface area contributed by atoms with Crippen LogP contribution in [0.15, 0.2) is 78.9 Å². The van der Waals surface area contributed by atoms with E-state index in [1.165, 1.54) is 0 Å². The number of aryl methyl sites for hydroxylation is 1. The molecule has 0 aliphatic carbocycles. The number of nitriles is 2. The molecule has 0 bridgehead atoms. The Morgan fingerprint density at radius 3 is 2.05 bits per heavy atom. The summed E-state index contributed by atoms with van der Waals surface area (Å²) < 4.78 is 5.61. The molecule has 1 spiro atoms. The first-order valence-electron chi connectivity index (χ1n) is 12.6. The predicted octanol–water partition coefficient (Wildman–Crippen LogP) is 5.74. The Morgan fingerprint density at radius 1 is 0.949 bits per heavy atom. The minimum atomic E-state index is -1.98. The predicted molar refractivity (Wildman–Crippen MR) is 142 cm³/mol. The molecular formula is C31H28N4O4. The number of anilines is 1. The van der Waals surface area contributed by atoms with Crippen molar-refractivity contribution in [3.05, 3.63) is 101 Å². The topological polar surface area (TPSA) is 118 Å². The second-order valence-electron chi connectivity index (χ2n) is 11.0. The third kappa shape index (κ3) is 3.64. The van der Waals surface area contributed by atoms with Crippen LogP contribution in [0.1, 0.15) is 55.0 Å². The third-order valence-corrected chi connectivity index (χ3v) is 7.44. The van der Waals surface area contributed by atoms with E-state index < -0.39 is 40.5 Å². The number of imide groups is 1. The van der Waals surface area contributed by atoms with Crippen molar-refractivity contribution in [2.45, 2.75) is 50.8 Å².